The number of hydrogen-bond acceptors (Lipinski definition) is 4. The maximum absolute atomic E-state index is 9.74. The molecule has 3 nitrogen and oxygen atoms in total. The predicted octanol–water partition coefficient (Wildman–Crippen LogP) is 4.15. The molecule has 0 spiro atoms. The predicted molar refractivity (Wildman–Crippen MR) is 80.0 cm³/mol. The highest BCUT2D eigenvalue weighted by Gasteiger charge is 2.11. The Hall–Kier alpha value is -1.04. The molecule has 0 saturated carbocycles. The van der Waals surface area contributed by atoms with Gasteiger partial charge in [-0.05, 0) is 47.1 Å². The average Bonchev–Trinajstić information content (AvgIpc) is 2.81. The Bertz CT molecular complexity index is 551. The molecule has 1 heterocycles. The minimum absolute atomic E-state index is 0.475. The van der Waals surface area contributed by atoms with E-state index in [0.29, 0.717) is 18.1 Å². The zero-order valence-corrected chi connectivity index (χ0v) is 13.1. The van der Waals surface area contributed by atoms with Crippen LogP contribution in [0.1, 0.15) is 23.5 Å². The van der Waals surface area contributed by atoms with Gasteiger partial charge in [-0.2, -0.15) is 0 Å². The monoisotopic (exact) mass is 342 g/mol. The van der Waals surface area contributed by atoms with Gasteiger partial charge in [-0.1, -0.05) is 0 Å². The largest absolute Gasteiger partial charge is 0.497 e. The number of benzene rings is 1. The van der Waals surface area contributed by atoms with Crippen LogP contribution >= 0.6 is 27.3 Å². The molecule has 19 heavy (non-hydrogen) atoms. The van der Waals surface area contributed by atoms with Gasteiger partial charge in [-0.25, -0.2) is 0 Å². The standard InChI is InChI=1S/C14H15BrO3S/c1-9(16)12-5-3-10(17-2)7-13(12)18-8-11-4-6-14(15)19-11/h3-7,9,16H,8H2,1-2H3/t9-/m1/s1. The molecule has 0 amide bonds. The maximum atomic E-state index is 9.74. The van der Waals surface area contributed by atoms with Gasteiger partial charge in [0.15, 0.2) is 0 Å². The molecule has 0 aliphatic heterocycles. The molecule has 1 atom stereocenters. The Morgan fingerprint density at radius 1 is 1.32 bits per heavy atom. The van der Waals surface area contributed by atoms with Crippen LogP contribution in [-0.2, 0) is 6.61 Å². The summed E-state index contributed by atoms with van der Waals surface area (Å²) >= 11 is 5.05. The van der Waals surface area contributed by atoms with Crippen molar-refractivity contribution in [1.29, 1.82) is 0 Å². The molecule has 1 aromatic heterocycles. The van der Waals surface area contributed by atoms with Crippen LogP contribution in [0.4, 0.5) is 0 Å². The van der Waals surface area contributed by atoms with E-state index in [2.05, 4.69) is 15.9 Å². The molecule has 0 radical (unpaired) electrons. The normalized spacial score (nSPS) is 12.2. The second-order valence-electron chi connectivity index (χ2n) is 4.07. The Morgan fingerprint density at radius 2 is 2.11 bits per heavy atom. The van der Waals surface area contributed by atoms with Crippen LogP contribution in [0.3, 0.4) is 0 Å². The second kappa shape index (κ2) is 6.41. The third kappa shape index (κ3) is 3.72. The second-order valence-corrected chi connectivity index (χ2v) is 6.62. The summed E-state index contributed by atoms with van der Waals surface area (Å²) < 4.78 is 12.0. The Kier molecular flexibility index (Phi) is 4.85. The summed E-state index contributed by atoms with van der Waals surface area (Å²) in [6.07, 6.45) is -0.573. The van der Waals surface area contributed by atoms with Gasteiger partial charge in [-0.15, -0.1) is 11.3 Å². The molecule has 102 valence electrons. The summed E-state index contributed by atoms with van der Waals surface area (Å²) in [6.45, 7) is 2.19. The molecular weight excluding hydrogens is 328 g/mol. The quantitative estimate of drug-likeness (QED) is 0.886. The minimum atomic E-state index is -0.573. The third-order valence-electron chi connectivity index (χ3n) is 2.67. The van der Waals surface area contributed by atoms with Crippen LogP contribution in [0, 0.1) is 0 Å². The zero-order chi connectivity index (χ0) is 13.8. The summed E-state index contributed by atoms with van der Waals surface area (Å²) in [4.78, 5) is 1.12. The van der Waals surface area contributed by atoms with Crippen molar-refractivity contribution in [1.82, 2.24) is 0 Å². The molecule has 0 aliphatic carbocycles. The topological polar surface area (TPSA) is 38.7 Å². The molecule has 5 heteroatoms. The number of halogens is 1. The summed E-state index contributed by atoms with van der Waals surface area (Å²) in [7, 11) is 1.61. The van der Waals surface area contributed by atoms with Gasteiger partial charge in [0.2, 0.25) is 0 Å². The molecule has 0 saturated heterocycles. The molecule has 2 rings (SSSR count). The van der Waals surface area contributed by atoms with Crippen LogP contribution in [0.15, 0.2) is 34.1 Å². The smallest absolute Gasteiger partial charge is 0.129 e. The first-order valence-electron chi connectivity index (χ1n) is 5.83. The Labute approximate surface area is 124 Å². The summed E-state index contributed by atoms with van der Waals surface area (Å²) in [5, 5.41) is 9.74. The van der Waals surface area contributed by atoms with Crippen LogP contribution < -0.4 is 9.47 Å². The van der Waals surface area contributed by atoms with Gasteiger partial charge in [0, 0.05) is 16.5 Å². The van der Waals surface area contributed by atoms with Crippen LogP contribution in [0.25, 0.3) is 0 Å². The highest BCUT2D eigenvalue weighted by molar-refractivity contribution is 9.11. The number of rotatable bonds is 5. The highest BCUT2D eigenvalue weighted by Crippen LogP contribution is 2.31. The number of hydrogen-bond donors (Lipinski definition) is 1. The van der Waals surface area contributed by atoms with E-state index in [1.807, 2.05) is 24.3 Å². The van der Waals surface area contributed by atoms with E-state index in [-0.39, 0.29) is 0 Å². The van der Waals surface area contributed by atoms with Crippen LogP contribution in [0.2, 0.25) is 0 Å². The van der Waals surface area contributed by atoms with Gasteiger partial charge >= 0.3 is 0 Å². The fraction of sp³-hybridized carbons (Fsp3) is 0.286. The fourth-order valence-corrected chi connectivity index (χ4v) is 3.09. The minimum Gasteiger partial charge on any atom is -0.497 e. The first-order valence-corrected chi connectivity index (χ1v) is 7.44. The zero-order valence-electron chi connectivity index (χ0n) is 10.7. The number of aliphatic hydroxyl groups is 1. The first-order chi connectivity index (χ1) is 9.10. The van der Waals surface area contributed by atoms with Crippen molar-refractivity contribution in [3.63, 3.8) is 0 Å². The lowest BCUT2D eigenvalue weighted by Gasteiger charge is -2.14. The van der Waals surface area contributed by atoms with Gasteiger partial charge in [0.1, 0.15) is 18.1 Å². The molecule has 0 aliphatic rings. The van der Waals surface area contributed by atoms with Crippen molar-refractivity contribution in [2.45, 2.75) is 19.6 Å². The van der Waals surface area contributed by atoms with Gasteiger partial charge in [-0.3, -0.25) is 0 Å². The average molecular weight is 343 g/mol. The van der Waals surface area contributed by atoms with Crippen LogP contribution in [0.5, 0.6) is 11.5 Å². The lowest BCUT2D eigenvalue weighted by molar-refractivity contribution is 0.190. The molecule has 1 N–H and O–H groups in total. The van der Waals surface area contributed by atoms with Crippen LogP contribution in [-0.4, -0.2) is 12.2 Å². The van der Waals surface area contributed by atoms with Gasteiger partial charge in [0.05, 0.1) is 17.0 Å². The molecule has 0 fully saturated rings. The van der Waals surface area contributed by atoms with Crippen molar-refractivity contribution in [2.75, 3.05) is 7.11 Å². The van der Waals surface area contributed by atoms with Crippen molar-refractivity contribution in [3.05, 3.63) is 44.6 Å². The number of methoxy groups -OCH3 is 1. The number of thiophene rings is 1. The summed E-state index contributed by atoms with van der Waals surface area (Å²) in [6, 6.07) is 9.44. The van der Waals surface area contributed by atoms with E-state index in [0.717, 1.165) is 14.2 Å². The van der Waals surface area contributed by atoms with Crippen molar-refractivity contribution in [3.8, 4) is 11.5 Å². The van der Waals surface area contributed by atoms with E-state index >= 15 is 0 Å². The van der Waals surface area contributed by atoms with Gasteiger partial charge < -0.3 is 14.6 Å². The maximum Gasteiger partial charge on any atom is 0.129 e. The first kappa shape index (κ1) is 14.4. The SMILES string of the molecule is COc1ccc([C@@H](C)O)c(OCc2ccc(Br)s2)c1. The van der Waals surface area contributed by atoms with Crippen molar-refractivity contribution in [2.24, 2.45) is 0 Å². The van der Waals surface area contributed by atoms with Crippen molar-refractivity contribution < 1.29 is 14.6 Å². The van der Waals surface area contributed by atoms with E-state index in [1.165, 1.54) is 0 Å². The Morgan fingerprint density at radius 3 is 2.68 bits per heavy atom. The molecule has 1 aromatic carbocycles. The number of ether oxygens (including phenoxy) is 2. The number of aliphatic hydroxyl groups excluding tert-OH is 1. The molecule has 2 aromatic rings. The van der Waals surface area contributed by atoms with E-state index in [1.54, 1.807) is 31.4 Å². The van der Waals surface area contributed by atoms with Gasteiger partial charge in [0.25, 0.3) is 0 Å². The van der Waals surface area contributed by atoms with E-state index in [9.17, 15) is 5.11 Å². The lowest BCUT2D eigenvalue weighted by Crippen LogP contribution is -2.00. The molecule has 0 bridgehead atoms. The summed E-state index contributed by atoms with van der Waals surface area (Å²) in [5.74, 6) is 1.37. The van der Waals surface area contributed by atoms with E-state index in [4.69, 9.17) is 9.47 Å². The third-order valence-corrected chi connectivity index (χ3v) is 4.27. The van der Waals surface area contributed by atoms with Crippen molar-refractivity contribution >= 4 is 27.3 Å². The highest BCUT2D eigenvalue weighted by atomic mass is 79.9. The fourth-order valence-electron chi connectivity index (χ4n) is 1.69. The Balaban J connectivity index is 2.17. The molecular formula is C14H15BrO3S. The van der Waals surface area contributed by atoms with E-state index < -0.39 is 6.10 Å². The lowest BCUT2D eigenvalue weighted by atomic mass is 10.1. The molecule has 0 unspecified atom stereocenters. The summed E-state index contributed by atoms with van der Waals surface area (Å²) in [5.41, 5.74) is 0.761.